The average Bonchev–Trinajstić information content (AvgIpc) is 2.29. The molecule has 0 aliphatic rings. The standard InChI is InChI=1S/C11H13FN2O2/c12-11-7-10(2-1-9(11)8-14)16-6-5-15-4-3-13/h1-2,7H,3-6,13H2. The summed E-state index contributed by atoms with van der Waals surface area (Å²) >= 11 is 0. The van der Waals surface area contributed by atoms with Crippen LogP contribution in [-0.2, 0) is 4.74 Å². The number of ether oxygens (including phenoxy) is 2. The summed E-state index contributed by atoms with van der Waals surface area (Å²) in [6.45, 7) is 1.67. The molecule has 0 aliphatic carbocycles. The Morgan fingerprint density at radius 1 is 1.31 bits per heavy atom. The van der Waals surface area contributed by atoms with Gasteiger partial charge in [-0.2, -0.15) is 5.26 Å². The van der Waals surface area contributed by atoms with E-state index in [1.54, 1.807) is 12.1 Å². The fourth-order valence-corrected chi connectivity index (χ4v) is 1.08. The summed E-state index contributed by atoms with van der Waals surface area (Å²) in [6, 6.07) is 5.85. The van der Waals surface area contributed by atoms with Gasteiger partial charge in [-0.25, -0.2) is 4.39 Å². The normalized spacial score (nSPS) is 9.81. The van der Waals surface area contributed by atoms with Crippen LogP contribution in [0.15, 0.2) is 18.2 Å². The van der Waals surface area contributed by atoms with E-state index in [9.17, 15) is 4.39 Å². The minimum absolute atomic E-state index is 0.00623. The quantitative estimate of drug-likeness (QED) is 0.733. The molecule has 0 spiro atoms. The molecular formula is C11H13FN2O2. The first-order valence-corrected chi connectivity index (χ1v) is 4.88. The number of hydrogen-bond acceptors (Lipinski definition) is 4. The predicted molar refractivity (Wildman–Crippen MR) is 56.5 cm³/mol. The van der Waals surface area contributed by atoms with Crippen LogP contribution in [0.5, 0.6) is 5.75 Å². The van der Waals surface area contributed by atoms with Crippen molar-refractivity contribution in [2.45, 2.75) is 0 Å². The Hall–Kier alpha value is -1.64. The highest BCUT2D eigenvalue weighted by Crippen LogP contribution is 2.15. The SMILES string of the molecule is N#Cc1ccc(OCCOCCN)cc1F. The summed E-state index contributed by atoms with van der Waals surface area (Å²) in [5, 5.41) is 8.52. The van der Waals surface area contributed by atoms with Crippen molar-refractivity contribution >= 4 is 0 Å². The third kappa shape index (κ3) is 3.85. The summed E-state index contributed by atoms with van der Waals surface area (Å²) in [5.41, 5.74) is 5.23. The highest BCUT2D eigenvalue weighted by Gasteiger charge is 2.02. The summed E-state index contributed by atoms with van der Waals surface area (Å²) in [6.07, 6.45) is 0. The van der Waals surface area contributed by atoms with Crippen LogP contribution in [0.2, 0.25) is 0 Å². The van der Waals surface area contributed by atoms with Gasteiger partial charge < -0.3 is 15.2 Å². The third-order valence-corrected chi connectivity index (χ3v) is 1.82. The zero-order valence-electron chi connectivity index (χ0n) is 8.78. The Labute approximate surface area is 93.4 Å². The van der Waals surface area contributed by atoms with Crippen LogP contribution >= 0.6 is 0 Å². The first kappa shape index (κ1) is 12.4. The Morgan fingerprint density at radius 2 is 2.12 bits per heavy atom. The maximum atomic E-state index is 13.1. The van der Waals surface area contributed by atoms with E-state index in [0.29, 0.717) is 32.1 Å². The molecule has 0 fully saturated rings. The number of nitriles is 1. The second-order valence-electron chi connectivity index (χ2n) is 3.00. The molecule has 16 heavy (non-hydrogen) atoms. The topological polar surface area (TPSA) is 68.3 Å². The zero-order chi connectivity index (χ0) is 11.8. The zero-order valence-corrected chi connectivity index (χ0v) is 8.78. The number of nitrogens with zero attached hydrogens (tertiary/aromatic N) is 1. The van der Waals surface area contributed by atoms with Crippen molar-refractivity contribution in [3.8, 4) is 11.8 Å². The van der Waals surface area contributed by atoms with Crippen LogP contribution in [0.4, 0.5) is 4.39 Å². The summed E-state index contributed by atoms with van der Waals surface area (Å²) in [7, 11) is 0. The Bertz CT molecular complexity index is 377. The first-order valence-electron chi connectivity index (χ1n) is 4.88. The number of nitrogens with two attached hydrogens (primary N) is 1. The van der Waals surface area contributed by atoms with Gasteiger partial charge in [-0.15, -0.1) is 0 Å². The van der Waals surface area contributed by atoms with Gasteiger partial charge in [-0.3, -0.25) is 0 Å². The molecule has 0 bridgehead atoms. The monoisotopic (exact) mass is 224 g/mol. The molecular weight excluding hydrogens is 211 g/mol. The molecule has 0 aliphatic heterocycles. The minimum Gasteiger partial charge on any atom is -0.491 e. The fraction of sp³-hybridized carbons (Fsp3) is 0.364. The summed E-state index contributed by atoms with van der Waals surface area (Å²) in [4.78, 5) is 0. The van der Waals surface area contributed by atoms with Crippen molar-refractivity contribution in [3.05, 3.63) is 29.6 Å². The average molecular weight is 224 g/mol. The van der Waals surface area contributed by atoms with Crippen LogP contribution in [0.25, 0.3) is 0 Å². The molecule has 1 rings (SSSR count). The molecule has 0 radical (unpaired) electrons. The van der Waals surface area contributed by atoms with Crippen molar-refractivity contribution in [3.63, 3.8) is 0 Å². The first-order chi connectivity index (χ1) is 7.77. The Kier molecular flexibility index (Phi) is 5.26. The van der Waals surface area contributed by atoms with Gasteiger partial charge in [0.2, 0.25) is 0 Å². The second-order valence-corrected chi connectivity index (χ2v) is 3.00. The molecule has 4 nitrogen and oxygen atoms in total. The molecule has 0 saturated heterocycles. The van der Waals surface area contributed by atoms with E-state index in [4.69, 9.17) is 20.5 Å². The Balaban J connectivity index is 2.38. The van der Waals surface area contributed by atoms with E-state index in [1.165, 1.54) is 12.1 Å². The van der Waals surface area contributed by atoms with E-state index in [-0.39, 0.29) is 5.56 Å². The lowest BCUT2D eigenvalue weighted by molar-refractivity contribution is 0.106. The molecule has 0 heterocycles. The van der Waals surface area contributed by atoms with Gasteiger partial charge >= 0.3 is 0 Å². The van der Waals surface area contributed by atoms with Gasteiger partial charge in [0.25, 0.3) is 0 Å². The smallest absolute Gasteiger partial charge is 0.144 e. The van der Waals surface area contributed by atoms with E-state index in [2.05, 4.69) is 0 Å². The Morgan fingerprint density at radius 3 is 2.75 bits per heavy atom. The van der Waals surface area contributed by atoms with Gasteiger partial charge in [-0.05, 0) is 12.1 Å². The lowest BCUT2D eigenvalue weighted by Gasteiger charge is -2.06. The number of rotatable bonds is 6. The van der Waals surface area contributed by atoms with Crippen LogP contribution in [0.3, 0.4) is 0 Å². The molecule has 1 aromatic rings. The van der Waals surface area contributed by atoms with E-state index >= 15 is 0 Å². The van der Waals surface area contributed by atoms with Gasteiger partial charge in [0.15, 0.2) is 0 Å². The minimum atomic E-state index is -0.581. The molecule has 0 amide bonds. The number of halogens is 1. The summed E-state index contributed by atoms with van der Waals surface area (Å²) in [5.74, 6) is -0.198. The van der Waals surface area contributed by atoms with E-state index < -0.39 is 5.82 Å². The lowest BCUT2D eigenvalue weighted by Crippen LogP contribution is -2.13. The number of hydrogen-bond donors (Lipinski definition) is 1. The molecule has 5 heteroatoms. The van der Waals surface area contributed by atoms with Crippen molar-refractivity contribution in [1.29, 1.82) is 5.26 Å². The fourth-order valence-electron chi connectivity index (χ4n) is 1.08. The molecule has 0 saturated carbocycles. The number of benzene rings is 1. The van der Waals surface area contributed by atoms with Gasteiger partial charge in [0.05, 0.1) is 18.8 Å². The maximum absolute atomic E-state index is 13.1. The highest BCUT2D eigenvalue weighted by atomic mass is 19.1. The largest absolute Gasteiger partial charge is 0.491 e. The maximum Gasteiger partial charge on any atom is 0.144 e. The van der Waals surface area contributed by atoms with E-state index in [1.807, 2.05) is 0 Å². The lowest BCUT2D eigenvalue weighted by atomic mass is 10.2. The second kappa shape index (κ2) is 6.77. The highest BCUT2D eigenvalue weighted by molar-refractivity contribution is 5.36. The predicted octanol–water partition coefficient (Wildman–Crippen LogP) is 1.05. The van der Waals surface area contributed by atoms with E-state index in [0.717, 1.165) is 0 Å². The van der Waals surface area contributed by atoms with Gasteiger partial charge in [0.1, 0.15) is 24.2 Å². The van der Waals surface area contributed by atoms with Crippen molar-refractivity contribution < 1.29 is 13.9 Å². The molecule has 0 aromatic heterocycles. The molecule has 1 aromatic carbocycles. The van der Waals surface area contributed by atoms with Crippen LogP contribution < -0.4 is 10.5 Å². The van der Waals surface area contributed by atoms with Gasteiger partial charge in [-0.1, -0.05) is 0 Å². The van der Waals surface area contributed by atoms with Crippen LogP contribution in [0.1, 0.15) is 5.56 Å². The molecule has 2 N–H and O–H groups in total. The molecule has 0 atom stereocenters. The van der Waals surface area contributed by atoms with Gasteiger partial charge in [0, 0.05) is 12.6 Å². The van der Waals surface area contributed by atoms with Crippen LogP contribution in [-0.4, -0.2) is 26.4 Å². The third-order valence-electron chi connectivity index (χ3n) is 1.82. The summed E-state index contributed by atoms with van der Waals surface area (Å²) < 4.78 is 23.4. The van der Waals surface area contributed by atoms with Crippen molar-refractivity contribution in [1.82, 2.24) is 0 Å². The van der Waals surface area contributed by atoms with Crippen LogP contribution in [0, 0.1) is 17.1 Å². The molecule has 86 valence electrons. The molecule has 0 unspecified atom stereocenters. The van der Waals surface area contributed by atoms with Crippen molar-refractivity contribution in [2.75, 3.05) is 26.4 Å². The van der Waals surface area contributed by atoms with Crippen molar-refractivity contribution in [2.24, 2.45) is 5.73 Å².